The molecule has 3 nitrogen and oxygen atoms in total. The van der Waals surface area contributed by atoms with Crippen molar-refractivity contribution in [3.63, 3.8) is 0 Å². The second-order valence-corrected chi connectivity index (χ2v) is 6.68. The SMILES string of the molecule is CNS(=O)(=O)c1ccc(C)cc1C#Cc1ccc(C)cc1. The Morgan fingerprint density at radius 1 is 0.905 bits per heavy atom. The molecular weight excluding hydrogens is 282 g/mol. The molecule has 0 aliphatic carbocycles. The molecule has 0 amide bonds. The number of sulfonamides is 1. The number of rotatable bonds is 2. The molecule has 2 aromatic rings. The van der Waals surface area contributed by atoms with Crippen molar-refractivity contribution >= 4 is 10.0 Å². The maximum absolute atomic E-state index is 12.0. The average Bonchev–Trinajstić information content (AvgIpc) is 2.46. The van der Waals surface area contributed by atoms with E-state index in [9.17, 15) is 8.42 Å². The van der Waals surface area contributed by atoms with Crippen LogP contribution in [-0.4, -0.2) is 15.5 Å². The monoisotopic (exact) mass is 299 g/mol. The Labute approximate surface area is 126 Å². The summed E-state index contributed by atoms with van der Waals surface area (Å²) < 4.78 is 26.3. The highest BCUT2D eigenvalue weighted by Crippen LogP contribution is 2.16. The van der Waals surface area contributed by atoms with Gasteiger partial charge in [0.2, 0.25) is 10.0 Å². The van der Waals surface area contributed by atoms with E-state index in [2.05, 4.69) is 16.6 Å². The van der Waals surface area contributed by atoms with Crippen LogP contribution in [0.1, 0.15) is 22.3 Å². The number of aryl methyl sites for hydroxylation is 2. The number of benzene rings is 2. The molecule has 0 heterocycles. The highest BCUT2D eigenvalue weighted by molar-refractivity contribution is 7.89. The summed E-state index contributed by atoms with van der Waals surface area (Å²) in [5, 5.41) is 0. The molecule has 0 radical (unpaired) electrons. The van der Waals surface area contributed by atoms with E-state index in [1.165, 1.54) is 7.05 Å². The molecule has 0 aliphatic heterocycles. The van der Waals surface area contributed by atoms with E-state index in [1.807, 2.05) is 38.1 Å². The smallest absolute Gasteiger partial charge is 0.214 e. The lowest BCUT2D eigenvalue weighted by Gasteiger charge is -2.06. The quantitative estimate of drug-likeness (QED) is 0.867. The van der Waals surface area contributed by atoms with E-state index in [0.717, 1.165) is 16.7 Å². The van der Waals surface area contributed by atoms with Crippen molar-refractivity contribution in [3.8, 4) is 11.8 Å². The van der Waals surface area contributed by atoms with Crippen LogP contribution in [0, 0.1) is 25.7 Å². The number of hydrogen-bond acceptors (Lipinski definition) is 2. The van der Waals surface area contributed by atoms with E-state index in [1.54, 1.807) is 18.2 Å². The van der Waals surface area contributed by atoms with Gasteiger partial charge < -0.3 is 0 Å². The van der Waals surface area contributed by atoms with Crippen LogP contribution in [0.4, 0.5) is 0 Å². The van der Waals surface area contributed by atoms with Crippen molar-refractivity contribution in [1.29, 1.82) is 0 Å². The van der Waals surface area contributed by atoms with Crippen LogP contribution >= 0.6 is 0 Å². The lowest BCUT2D eigenvalue weighted by molar-refractivity contribution is 0.588. The Balaban J connectivity index is 2.50. The summed E-state index contributed by atoms with van der Waals surface area (Å²) in [6.45, 7) is 3.92. The highest BCUT2D eigenvalue weighted by Gasteiger charge is 2.15. The first-order chi connectivity index (χ1) is 9.92. The van der Waals surface area contributed by atoms with Gasteiger partial charge in [-0.1, -0.05) is 35.6 Å². The van der Waals surface area contributed by atoms with Gasteiger partial charge in [-0.25, -0.2) is 13.1 Å². The summed E-state index contributed by atoms with van der Waals surface area (Å²) in [6.07, 6.45) is 0. The summed E-state index contributed by atoms with van der Waals surface area (Å²) in [5.41, 5.74) is 3.49. The fourth-order valence-corrected chi connectivity index (χ4v) is 2.73. The highest BCUT2D eigenvalue weighted by atomic mass is 32.2. The Bertz CT molecular complexity index is 810. The molecule has 4 heteroatoms. The third-order valence-electron chi connectivity index (χ3n) is 3.09. The maximum atomic E-state index is 12.0. The van der Waals surface area contributed by atoms with Gasteiger partial charge in [0.15, 0.2) is 0 Å². The van der Waals surface area contributed by atoms with E-state index in [4.69, 9.17) is 0 Å². The molecule has 1 N–H and O–H groups in total. The molecule has 0 aromatic heterocycles. The molecule has 0 saturated carbocycles. The lowest BCUT2D eigenvalue weighted by atomic mass is 10.1. The Kier molecular flexibility index (Phi) is 4.46. The molecule has 21 heavy (non-hydrogen) atoms. The molecular formula is C17H17NO2S. The second-order valence-electron chi connectivity index (χ2n) is 4.82. The number of hydrogen-bond donors (Lipinski definition) is 1. The second kappa shape index (κ2) is 6.13. The minimum Gasteiger partial charge on any atom is -0.214 e. The Morgan fingerprint density at radius 3 is 2.14 bits per heavy atom. The molecule has 0 spiro atoms. The Hall–Kier alpha value is -2.09. The minimum atomic E-state index is -3.51. The average molecular weight is 299 g/mol. The predicted octanol–water partition coefficient (Wildman–Crippen LogP) is 2.61. The van der Waals surface area contributed by atoms with Crippen molar-refractivity contribution in [2.24, 2.45) is 0 Å². The summed E-state index contributed by atoms with van der Waals surface area (Å²) in [5.74, 6) is 5.97. The molecule has 0 fully saturated rings. The van der Waals surface area contributed by atoms with Crippen molar-refractivity contribution in [1.82, 2.24) is 4.72 Å². The van der Waals surface area contributed by atoms with Gasteiger partial charge in [0.05, 0.1) is 4.90 Å². The summed E-state index contributed by atoms with van der Waals surface area (Å²) in [4.78, 5) is 0.204. The van der Waals surface area contributed by atoms with Gasteiger partial charge in [0, 0.05) is 11.1 Å². The molecule has 2 aromatic carbocycles. The van der Waals surface area contributed by atoms with E-state index < -0.39 is 10.0 Å². The van der Waals surface area contributed by atoms with Crippen LogP contribution in [0.2, 0.25) is 0 Å². The molecule has 0 bridgehead atoms. The first-order valence-corrected chi connectivity index (χ1v) is 8.03. The fourth-order valence-electron chi connectivity index (χ4n) is 1.86. The van der Waals surface area contributed by atoms with Crippen LogP contribution in [0.15, 0.2) is 47.4 Å². The predicted molar refractivity (Wildman–Crippen MR) is 84.6 cm³/mol. The van der Waals surface area contributed by atoms with Gasteiger partial charge in [0.25, 0.3) is 0 Å². The van der Waals surface area contributed by atoms with Gasteiger partial charge in [-0.3, -0.25) is 0 Å². The van der Waals surface area contributed by atoms with Gasteiger partial charge in [-0.15, -0.1) is 0 Å². The van der Waals surface area contributed by atoms with Crippen LogP contribution < -0.4 is 4.72 Å². The number of nitrogens with one attached hydrogen (secondary N) is 1. The first-order valence-electron chi connectivity index (χ1n) is 6.55. The van der Waals surface area contributed by atoms with Gasteiger partial charge in [-0.05, 0) is 50.7 Å². The normalized spacial score (nSPS) is 10.8. The zero-order valence-corrected chi connectivity index (χ0v) is 13.1. The third-order valence-corrected chi connectivity index (χ3v) is 4.56. The molecule has 0 unspecified atom stereocenters. The molecule has 0 aliphatic rings. The minimum absolute atomic E-state index is 0.204. The third kappa shape index (κ3) is 3.72. The maximum Gasteiger partial charge on any atom is 0.241 e. The zero-order valence-electron chi connectivity index (χ0n) is 12.3. The zero-order chi connectivity index (χ0) is 15.5. The molecule has 108 valence electrons. The summed E-state index contributed by atoms with van der Waals surface area (Å²) >= 11 is 0. The summed E-state index contributed by atoms with van der Waals surface area (Å²) in [6, 6.07) is 12.9. The van der Waals surface area contributed by atoms with E-state index in [-0.39, 0.29) is 4.90 Å². The van der Waals surface area contributed by atoms with Gasteiger partial charge in [0.1, 0.15) is 0 Å². The van der Waals surface area contributed by atoms with Crippen molar-refractivity contribution in [2.45, 2.75) is 18.7 Å². The standard InChI is InChI=1S/C17H17NO2S/c1-13-4-7-15(8-5-13)9-10-16-12-14(2)6-11-17(16)21(19,20)18-3/h4-8,11-12,18H,1-3H3. The van der Waals surface area contributed by atoms with E-state index >= 15 is 0 Å². The Morgan fingerprint density at radius 2 is 1.52 bits per heavy atom. The molecule has 0 saturated heterocycles. The van der Waals surface area contributed by atoms with Gasteiger partial charge >= 0.3 is 0 Å². The largest absolute Gasteiger partial charge is 0.241 e. The van der Waals surface area contributed by atoms with Crippen LogP contribution in [0.5, 0.6) is 0 Å². The van der Waals surface area contributed by atoms with E-state index in [0.29, 0.717) is 5.56 Å². The van der Waals surface area contributed by atoms with Crippen molar-refractivity contribution in [2.75, 3.05) is 7.05 Å². The summed E-state index contributed by atoms with van der Waals surface area (Å²) in [7, 11) is -2.11. The fraction of sp³-hybridized carbons (Fsp3) is 0.176. The van der Waals surface area contributed by atoms with Crippen molar-refractivity contribution in [3.05, 3.63) is 64.7 Å². The first kappa shape index (κ1) is 15.3. The van der Waals surface area contributed by atoms with Crippen LogP contribution in [0.3, 0.4) is 0 Å². The van der Waals surface area contributed by atoms with Crippen LogP contribution in [-0.2, 0) is 10.0 Å². The lowest BCUT2D eigenvalue weighted by Crippen LogP contribution is -2.19. The molecule has 0 atom stereocenters. The topological polar surface area (TPSA) is 46.2 Å². The molecule has 2 rings (SSSR count). The van der Waals surface area contributed by atoms with Crippen LogP contribution in [0.25, 0.3) is 0 Å². The van der Waals surface area contributed by atoms with Gasteiger partial charge in [-0.2, -0.15) is 0 Å². The van der Waals surface area contributed by atoms with Crippen molar-refractivity contribution < 1.29 is 8.42 Å².